The zero-order valence-electron chi connectivity index (χ0n) is 7.48. The molecule has 3 atom stereocenters. The summed E-state index contributed by atoms with van der Waals surface area (Å²) in [5, 5.41) is 9.36. The van der Waals surface area contributed by atoms with Gasteiger partial charge in [0.15, 0.2) is 6.29 Å². The first-order valence-electron chi connectivity index (χ1n) is 3.78. The van der Waals surface area contributed by atoms with Crippen LogP contribution >= 0.6 is 0 Å². The van der Waals surface area contributed by atoms with Crippen molar-refractivity contribution in [2.45, 2.75) is 25.1 Å². The summed E-state index contributed by atoms with van der Waals surface area (Å²) in [6.07, 6.45) is 2.21. The van der Waals surface area contributed by atoms with Crippen LogP contribution < -0.4 is 0 Å². The van der Waals surface area contributed by atoms with Crippen LogP contribution in [-0.4, -0.2) is 37.5 Å². The van der Waals surface area contributed by atoms with Gasteiger partial charge < -0.3 is 19.3 Å². The first kappa shape index (κ1) is 9.67. The van der Waals surface area contributed by atoms with Gasteiger partial charge in [-0.05, 0) is 19.1 Å². The smallest absolute Gasteiger partial charge is 0.217 e. The highest BCUT2D eigenvalue weighted by molar-refractivity contribution is 5.07. The summed E-state index contributed by atoms with van der Waals surface area (Å²) < 4.78 is 15.3. The third-order valence-electron chi connectivity index (χ3n) is 1.92. The maximum Gasteiger partial charge on any atom is 0.217 e. The molecule has 0 saturated carbocycles. The van der Waals surface area contributed by atoms with Gasteiger partial charge in [-0.1, -0.05) is 0 Å². The van der Waals surface area contributed by atoms with Gasteiger partial charge in [0.05, 0.1) is 0 Å². The number of ether oxygens (including phenoxy) is 3. The minimum Gasteiger partial charge on any atom is -0.387 e. The van der Waals surface area contributed by atoms with E-state index in [1.807, 2.05) is 0 Å². The second-order valence-corrected chi connectivity index (χ2v) is 2.68. The maximum atomic E-state index is 9.36. The molecular formula is C8H14O4. The van der Waals surface area contributed by atoms with Crippen molar-refractivity contribution in [2.75, 3.05) is 14.2 Å². The van der Waals surface area contributed by atoms with Crippen molar-refractivity contribution >= 4 is 0 Å². The molecule has 1 heterocycles. The van der Waals surface area contributed by atoms with Crippen LogP contribution in [0, 0.1) is 0 Å². The van der Waals surface area contributed by atoms with Crippen LogP contribution in [0.4, 0.5) is 0 Å². The first-order valence-corrected chi connectivity index (χ1v) is 3.78. The monoisotopic (exact) mass is 174 g/mol. The summed E-state index contributed by atoms with van der Waals surface area (Å²) in [4.78, 5) is 0. The third-order valence-corrected chi connectivity index (χ3v) is 1.92. The molecule has 0 aliphatic carbocycles. The van der Waals surface area contributed by atoms with Crippen molar-refractivity contribution in [2.24, 2.45) is 0 Å². The number of rotatable bonds is 3. The van der Waals surface area contributed by atoms with Crippen molar-refractivity contribution in [3.63, 3.8) is 0 Å². The normalized spacial score (nSPS) is 37.2. The molecule has 1 N–H and O–H groups in total. The number of methoxy groups -OCH3 is 2. The molecule has 0 aromatic carbocycles. The van der Waals surface area contributed by atoms with E-state index in [0.717, 1.165) is 0 Å². The van der Waals surface area contributed by atoms with Gasteiger partial charge in [0, 0.05) is 14.2 Å². The maximum absolute atomic E-state index is 9.36. The van der Waals surface area contributed by atoms with Crippen molar-refractivity contribution in [3.8, 4) is 0 Å². The molecule has 0 spiro atoms. The molecule has 0 aromatic rings. The van der Waals surface area contributed by atoms with Gasteiger partial charge in [0.1, 0.15) is 6.10 Å². The molecule has 4 heteroatoms. The highest BCUT2D eigenvalue weighted by atomic mass is 16.8. The molecule has 0 fully saturated rings. The Hall–Kier alpha value is -0.420. The van der Waals surface area contributed by atoms with E-state index >= 15 is 0 Å². The molecule has 1 aliphatic rings. The second kappa shape index (κ2) is 3.53. The summed E-state index contributed by atoms with van der Waals surface area (Å²) in [5.74, 6) is -1.04. The lowest BCUT2D eigenvalue weighted by Gasteiger charge is -2.29. The number of hydrogen-bond donors (Lipinski definition) is 1. The molecular weight excluding hydrogens is 160 g/mol. The summed E-state index contributed by atoms with van der Waals surface area (Å²) in [5.41, 5.74) is 0. The Balaban J connectivity index is 2.68. The number of aliphatic hydroxyl groups excluding tert-OH is 1. The average molecular weight is 174 g/mol. The Morgan fingerprint density at radius 2 is 2.25 bits per heavy atom. The predicted octanol–water partition coefficient (Wildman–Crippen LogP) is 0.269. The summed E-state index contributed by atoms with van der Waals surface area (Å²) in [6, 6.07) is 0. The van der Waals surface area contributed by atoms with Gasteiger partial charge >= 0.3 is 0 Å². The average Bonchev–Trinajstić information content (AvgIpc) is 2.48. The number of hydrogen-bond acceptors (Lipinski definition) is 4. The van der Waals surface area contributed by atoms with Crippen LogP contribution in [0.3, 0.4) is 0 Å². The largest absolute Gasteiger partial charge is 0.387 e. The van der Waals surface area contributed by atoms with Gasteiger partial charge in [0.2, 0.25) is 5.79 Å². The zero-order valence-corrected chi connectivity index (χ0v) is 7.48. The second-order valence-electron chi connectivity index (χ2n) is 2.68. The summed E-state index contributed by atoms with van der Waals surface area (Å²) in [7, 11) is 3.01. The fraction of sp³-hybridized carbons (Fsp3) is 0.750. The Kier molecular flexibility index (Phi) is 2.85. The van der Waals surface area contributed by atoms with Crippen LogP contribution in [-0.2, 0) is 14.2 Å². The minimum absolute atomic E-state index is 0.431. The summed E-state index contributed by atoms with van der Waals surface area (Å²) in [6.45, 7) is 1.60. The molecule has 1 aliphatic heterocycles. The van der Waals surface area contributed by atoms with Gasteiger partial charge in [-0.3, -0.25) is 0 Å². The van der Waals surface area contributed by atoms with Gasteiger partial charge in [0.25, 0.3) is 0 Å². The zero-order chi connectivity index (χ0) is 9.19. The van der Waals surface area contributed by atoms with Crippen LogP contribution in [0.1, 0.15) is 6.92 Å². The van der Waals surface area contributed by atoms with E-state index in [1.165, 1.54) is 14.2 Å². The Labute approximate surface area is 71.7 Å². The Bertz CT molecular complexity index is 178. The van der Waals surface area contributed by atoms with Crippen molar-refractivity contribution in [1.29, 1.82) is 0 Å². The lowest BCUT2D eigenvalue weighted by molar-refractivity contribution is -0.275. The molecule has 0 radical (unpaired) electrons. The molecule has 0 bridgehead atoms. The van der Waals surface area contributed by atoms with Crippen molar-refractivity contribution in [1.82, 2.24) is 0 Å². The van der Waals surface area contributed by atoms with Crippen molar-refractivity contribution in [3.05, 3.63) is 12.2 Å². The first-order chi connectivity index (χ1) is 5.64. The van der Waals surface area contributed by atoms with E-state index in [1.54, 1.807) is 19.1 Å². The Morgan fingerprint density at radius 3 is 2.50 bits per heavy atom. The lowest BCUT2D eigenvalue weighted by atomic mass is 10.2. The SMILES string of the molecule is COC1C=C[C@@](OC)(C(C)O)O1. The standard InChI is InChI=1S/C8H14O4/c1-6(9)8(11-3)5-4-7(10-2)12-8/h4-7,9H,1-3H3/t6?,7?,8-/m0/s1. The fourth-order valence-electron chi connectivity index (χ4n) is 1.12. The highest BCUT2D eigenvalue weighted by Gasteiger charge is 2.40. The molecule has 70 valence electrons. The minimum atomic E-state index is -1.04. The molecule has 2 unspecified atom stereocenters. The van der Waals surface area contributed by atoms with Crippen molar-refractivity contribution < 1.29 is 19.3 Å². The lowest BCUT2D eigenvalue weighted by Crippen LogP contribution is -2.42. The molecule has 0 amide bonds. The Morgan fingerprint density at radius 1 is 1.58 bits per heavy atom. The van der Waals surface area contributed by atoms with Gasteiger partial charge in [-0.25, -0.2) is 0 Å². The van der Waals surface area contributed by atoms with E-state index in [4.69, 9.17) is 14.2 Å². The highest BCUT2D eigenvalue weighted by Crippen LogP contribution is 2.27. The molecule has 1 rings (SSSR count). The van der Waals surface area contributed by atoms with E-state index in [2.05, 4.69) is 0 Å². The summed E-state index contributed by atoms with van der Waals surface area (Å²) >= 11 is 0. The van der Waals surface area contributed by atoms with Gasteiger partial charge in [-0.15, -0.1) is 0 Å². The van der Waals surface area contributed by atoms with Crippen LogP contribution in [0.15, 0.2) is 12.2 Å². The van der Waals surface area contributed by atoms with Gasteiger partial charge in [-0.2, -0.15) is 0 Å². The molecule has 12 heavy (non-hydrogen) atoms. The van der Waals surface area contributed by atoms with Crippen LogP contribution in [0.2, 0.25) is 0 Å². The van der Waals surface area contributed by atoms with E-state index in [9.17, 15) is 5.11 Å². The van der Waals surface area contributed by atoms with Crippen LogP contribution in [0.5, 0.6) is 0 Å². The van der Waals surface area contributed by atoms with E-state index < -0.39 is 18.2 Å². The quantitative estimate of drug-likeness (QED) is 0.624. The van der Waals surface area contributed by atoms with E-state index in [-0.39, 0.29) is 0 Å². The number of aliphatic hydroxyl groups is 1. The molecule has 4 nitrogen and oxygen atoms in total. The van der Waals surface area contributed by atoms with Crippen LogP contribution in [0.25, 0.3) is 0 Å². The third kappa shape index (κ3) is 1.51. The fourth-order valence-corrected chi connectivity index (χ4v) is 1.12. The topological polar surface area (TPSA) is 47.9 Å². The van der Waals surface area contributed by atoms with E-state index in [0.29, 0.717) is 0 Å². The molecule has 0 saturated heterocycles. The molecule has 0 aromatic heterocycles. The predicted molar refractivity (Wildman–Crippen MR) is 42.4 cm³/mol.